The standard InChI is InChI=1S/C13H16O4/c1-2-17-13(16)12(15)11(14)10-6-4-8-3-5-9(8)7-10/h4,6-7,11-12,14-15H,2-3,5H2,1H3. The number of aliphatic hydroxyl groups excluding tert-OH is 2. The van der Waals surface area contributed by atoms with Crippen molar-refractivity contribution in [2.24, 2.45) is 0 Å². The number of aliphatic hydroxyl groups is 2. The first-order valence-electron chi connectivity index (χ1n) is 5.78. The molecule has 0 amide bonds. The summed E-state index contributed by atoms with van der Waals surface area (Å²) in [7, 11) is 0. The molecule has 2 atom stereocenters. The van der Waals surface area contributed by atoms with E-state index in [9.17, 15) is 15.0 Å². The SMILES string of the molecule is CCOC(=O)C(O)C(O)c1ccc2c(c1)CC2. The highest BCUT2D eigenvalue weighted by atomic mass is 16.5. The Morgan fingerprint density at radius 1 is 1.35 bits per heavy atom. The Labute approximate surface area is 99.8 Å². The second kappa shape index (κ2) is 4.85. The number of ether oxygens (including phenoxy) is 1. The van der Waals surface area contributed by atoms with Gasteiger partial charge in [-0.15, -0.1) is 0 Å². The molecule has 4 nitrogen and oxygen atoms in total. The first-order chi connectivity index (χ1) is 8.13. The Balaban J connectivity index is 2.10. The third-order valence-corrected chi connectivity index (χ3v) is 3.06. The maximum atomic E-state index is 11.3. The third kappa shape index (κ3) is 2.33. The van der Waals surface area contributed by atoms with Crippen molar-refractivity contribution < 1.29 is 19.7 Å². The van der Waals surface area contributed by atoms with Crippen molar-refractivity contribution >= 4 is 5.97 Å². The summed E-state index contributed by atoms with van der Waals surface area (Å²) in [6.07, 6.45) is -0.689. The van der Waals surface area contributed by atoms with Crippen LogP contribution >= 0.6 is 0 Å². The lowest BCUT2D eigenvalue weighted by Crippen LogP contribution is -2.30. The Hall–Kier alpha value is -1.39. The number of benzene rings is 1. The van der Waals surface area contributed by atoms with Gasteiger partial charge in [-0.25, -0.2) is 4.79 Å². The lowest BCUT2D eigenvalue weighted by Gasteiger charge is -2.22. The van der Waals surface area contributed by atoms with Crippen molar-refractivity contribution in [3.8, 4) is 0 Å². The van der Waals surface area contributed by atoms with Gasteiger partial charge in [0.2, 0.25) is 0 Å². The zero-order valence-corrected chi connectivity index (χ0v) is 9.72. The zero-order valence-electron chi connectivity index (χ0n) is 9.72. The van der Waals surface area contributed by atoms with Gasteiger partial charge < -0.3 is 14.9 Å². The van der Waals surface area contributed by atoms with Crippen molar-refractivity contribution in [1.29, 1.82) is 0 Å². The lowest BCUT2D eigenvalue weighted by atomic mass is 9.86. The Morgan fingerprint density at radius 2 is 2.06 bits per heavy atom. The van der Waals surface area contributed by atoms with Gasteiger partial charge in [0.15, 0.2) is 6.10 Å². The van der Waals surface area contributed by atoms with Gasteiger partial charge in [-0.3, -0.25) is 0 Å². The molecule has 0 saturated heterocycles. The fourth-order valence-electron chi connectivity index (χ4n) is 1.94. The van der Waals surface area contributed by atoms with Crippen molar-refractivity contribution in [2.45, 2.75) is 32.0 Å². The normalized spacial score (nSPS) is 16.6. The van der Waals surface area contributed by atoms with Crippen molar-refractivity contribution in [3.05, 3.63) is 34.9 Å². The summed E-state index contributed by atoms with van der Waals surface area (Å²) in [5, 5.41) is 19.5. The summed E-state index contributed by atoms with van der Waals surface area (Å²) in [5.74, 6) is -0.789. The molecule has 1 aliphatic carbocycles. The zero-order chi connectivity index (χ0) is 12.4. The van der Waals surface area contributed by atoms with Crippen molar-refractivity contribution in [2.75, 3.05) is 6.61 Å². The number of rotatable bonds is 4. The second-order valence-corrected chi connectivity index (χ2v) is 4.17. The molecule has 1 aliphatic rings. The molecule has 4 heteroatoms. The molecule has 0 bridgehead atoms. The topological polar surface area (TPSA) is 66.8 Å². The van der Waals surface area contributed by atoms with Crippen LogP contribution in [-0.2, 0) is 22.4 Å². The van der Waals surface area contributed by atoms with Crippen LogP contribution in [0, 0.1) is 0 Å². The molecule has 2 N–H and O–H groups in total. The van der Waals surface area contributed by atoms with Gasteiger partial charge in [0.1, 0.15) is 6.10 Å². The molecule has 0 fully saturated rings. The molecule has 1 aromatic carbocycles. The van der Waals surface area contributed by atoms with Crippen LogP contribution < -0.4 is 0 Å². The van der Waals surface area contributed by atoms with E-state index in [0.29, 0.717) is 5.56 Å². The molecular formula is C13H16O4. The molecule has 0 saturated carbocycles. The summed E-state index contributed by atoms with van der Waals surface area (Å²) in [5.41, 5.74) is 3.01. The number of aryl methyl sites for hydroxylation is 2. The van der Waals surface area contributed by atoms with Gasteiger partial charge in [-0.2, -0.15) is 0 Å². The monoisotopic (exact) mass is 236 g/mol. The third-order valence-electron chi connectivity index (χ3n) is 3.06. The summed E-state index contributed by atoms with van der Waals surface area (Å²) >= 11 is 0. The minimum Gasteiger partial charge on any atom is -0.464 e. The van der Waals surface area contributed by atoms with E-state index in [0.717, 1.165) is 12.8 Å². The average Bonchev–Trinajstić information content (AvgIpc) is 2.29. The number of carbonyl (C=O) groups excluding carboxylic acids is 1. The van der Waals surface area contributed by atoms with Crippen LogP contribution in [0.2, 0.25) is 0 Å². The van der Waals surface area contributed by atoms with Crippen molar-refractivity contribution in [3.63, 3.8) is 0 Å². The Kier molecular flexibility index (Phi) is 3.45. The molecule has 0 aromatic heterocycles. The molecule has 0 aliphatic heterocycles. The highest BCUT2D eigenvalue weighted by Gasteiger charge is 2.28. The second-order valence-electron chi connectivity index (χ2n) is 4.17. The maximum Gasteiger partial charge on any atom is 0.338 e. The highest BCUT2D eigenvalue weighted by Crippen LogP contribution is 2.27. The van der Waals surface area contributed by atoms with Gasteiger partial charge in [0.05, 0.1) is 6.61 Å². The minimum absolute atomic E-state index is 0.187. The van der Waals surface area contributed by atoms with Gasteiger partial charge in [0.25, 0.3) is 0 Å². The van der Waals surface area contributed by atoms with Crippen LogP contribution in [0.4, 0.5) is 0 Å². The molecule has 2 rings (SSSR count). The van der Waals surface area contributed by atoms with E-state index in [2.05, 4.69) is 4.74 Å². The molecule has 0 spiro atoms. The van der Waals surface area contributed by atoms with Crippen LogP contribution in [0.25, 0.3) is 0 Å². The Bertz CT molecular complexity index is 427. The lowest BCUT2D eigenvalue weighted by molar-refractivity contribution is -0.159. The van der Waals surface area contributed by atoms with E-state index >= 15 is 0 Å². The summed E-state index contributed by atoms with van der Waals surface area (Å²) in [6.45, 7) is 1.84. The summed E-state index contributed by atoms with van der Waals surface area (Å²) < 4.78 is 4.67. The number of esters is 1. The molecule has 0 heterocycles. The fraction of sp³-hybridized carbons (Fsp3) is 0.462. The number of hydrogen-bond donors (Lipinski definition) is 2. The van der Waals surface area contributed by atoms with Gasteiger partial charge in [0, 0.05) is 0 Å². The largest absolute Gasteiger partial charge is 0.464 e. The number of fused-ring (bicyclic) bond motifs is 1. The molecule has 17 heavy (non-hydrogen) atoms. The summed E-state index contributed by atoms with van der Waals surface area (Å²) in [4.78, 5) is 11.3. The minimum atomic E-state index is -1.52. The number of hydrogen-bond acceptors (Lipinski definition) is 4. The first-order valence-corrected chi connectivity index (χ1v) is 5.78. The Morgan fingerprint density at radius 3 is 2.59 bits per heavy atom. The molecule has 1 aromatic rings. The van der Waals surface area contributed by atoms with E-state index in [1.54, 1.807) is 13.0 Å². The average molecular weight is 236 g/mol. The fourth-order valence-corrected chi connectivity index (χ4v) is 1.94. The van der Waals surface area contributed by atoms with Crippen LogP contribution in [0.5, 0.6) is 0 Å². The maximum absolute atomic E-state index is 11.3. The predicted octanol–water partition coefficient (Wildman–Crippen LogP) is 0.743. The van der Waals surface area contributed by atoms with E-state index in [1.807, 2.05) is 12.1 Å². The molecular weight excluding hydrogens is 220 g/mol. The van der Waals surface area contributed by atoms with E-state index in [1.165, 1.54) is 11.1 Å². The summed E-state index contributed by atoms with van der Waals surface area (Å²) in [6, 6.07) is 5.51. The van der Waals surface area contributed by atoms with Crippen LogP contribution in [0.15, 0.2) is 18.2 Å². The van der Waals surface area contributed by atoms with Gasteiger partial charge in [-0.05, 0) is 36.5 Å². The molecule has 92 valence electrons. The predicted molar refractivity (Wildman–Crippen MR) is 61.4 cm³/mol. The van der Waals surface area contributed by atoms with Crippen LogP contribution in [0.1, 0.15) is 29.7 Å². The smallest absolute Gasteiger partial charge is 0.338 e. The molecule has 2 unspecified atom stereocenters. The van der Waals surface area contributed by atoms with Gasteiger partial charge in [-0.1, -0.05) is 18.2 Å². The van der Waals surface area contributed by atoms with E-state index in [-0.39, 0.29) is 6.61 Å². The van der Waals surface area contributed by atoms with E-state index in [4.69, 9.17) is 0 Å². The molecule has 0 radical (unpaired) electrons. The van der Waals surface area contributed by atoms with Crippen LogP contribution in [0.3, 0.4) is 0 Å². The van der Waals surface area contributed by atoms with Crippen LogP contribution in [-0.4, -0.2) is 28.9 Å². The first kappa shape index (κ1) is 12.1. The van der Waals surface area contributed by atoms with Gasteiger partial charge >= 0.3 is 5.97 Å². The van der Waals surface area contributed by atoms with Crippen molar-refractivity contribution in [1.82, 2.24) is 0 Å². The van der Waals surface area contributed by atoms with E-state index < -0.39 is 18.2 Å². The highest BCUT2D eigenvalue weighted by molar-refractivity contribution is 5.75. The quantitative estimate of drug-likeness (QED) is 0.757. The number of carbonyl (C=O) groups is 1.